The van der Waals surface area contributed by atoms with Crippen LogP contribution in [0.4, 0.5) is 0 Å². The molecule has 6 nitrogen and oxygen atoms in total. The van der Waals surface area contributed by atoms with Crippen LogP contribution in [0, 0.1) is 11.8 Å². The van der Waals surface area contributed by atoms with E-state index in [9.17, 15) is 14.7 Å². The van der Waals surface area contributed by atoms with Gasteiger partial charge in [-0.15, -0.1) is 0 Å². The average molecular weight is 281 g/mol. The quantitative estimate of drug-likeness (QED) is 0.785. The zero-order valence-electron chi connectivity index (χ0n) is 11.3. The van der Waals surface area contributed by atoms with Crippen molar-refractivity contribution >= 4 is 11.9 Å². The van der Waals surface area contributed by atoms with E-state index in [0.717, 1.165) is 25.7 Å². The Labute approximate surface area is 117 Å². The molecule has 1 amide bonds. The molecular formula is C14H19NO5. The predicted octanol–water partition coefficient (Wildman–Crippen LogP) is 0.256. The maximum atomic E-state index is 12.6. The van der Waals surface area contributed by atoms with Gasteiger partial charge < -0.3 is 19.5 Å². The Balaban J connectivity index is 1.51. The van der Waals surface area contributed by atoms with Gasteiger partial charge in [-0.3, -0.25) is 4.79 Å². The molecule has 5 atom stereocenters. The summed E-state index contributed by atoms with van der Waals surface area (Å²) < 4.78 is 11.2. The van der Waals surface area contributed by atoms with Crippen molar-refractivity contribution < 1.29 is 24.2 Å². The largest absolute Gasteiger partial charge is 0.479 e. The summed E-state index contributed by atoms with van der Waals surface area (Å²) in [6.07, 6.45) is 3.82. The van der Waals surface area contributed by atoms with E-state index in [0.29, 0.717) is 13.2 Å². The number of ether oxygens (including phenoxy) is 2. The topological polar surface area (TPSA) is 76.1 Å². The molecule has 0 saturated carbocycles. The van der Waals surface area contributed by atoms with Crippen molar-refractivity contribution in [1.29, 1.82) is 0 Å². The summed E-state index contributed by atoms with van der Waals surface area (Å²) in [6, 6.07) is 0. The number of carboxylic acids is 1. The Kier molecular flexibility index (Phi) is 2.63. The first-order valence-corrected chi connectivity index (χ1v) is 7.42. The zero-order chi connectivity index (χ0) is 13.9. The molecule has 0 aromatic rings. The average Bonchev–Trinajstić information content (AvgIpc) is 3.15. The Hall–Kier alpha value is -1.14. The molecule has 4 rings (SSSR count). The number of nitrogens with zero attached hydrogens (tertiary/aromatic N) is 1. The molecule has 0 aromatic heterocycles. The van der Waals surface area contributed by atoms with E-state index in [-0.39, 0.29) is 36.5 Å². The molecule has 2 bridgehead atoms. The maximum absolute atomic E-state index is 12.6. The molecule has 4 aliphatic heterocycles. The minimum absolute atomic E-state index is 0.0506. The van der Waals surface area contributed by atoms with Crippen molar-refractivity contribution in [3.63, 3.8) is 0 Å². The van der Waals surface area contributed by atoms with E-state index in [1.54, 1.807) is 4.90 Å². The number of fused-ring (bicyclic) bond motifs is 3. The van der Waals surface area contributed by atoms with Gasteiger partial charge in [-0.25, -0.2) is 4.79 Å². The van der Waals surface area contributed by atoms with Crippen molar-refractivity contribution in [2.75, 3.05) is 19.7 Å². The summed E-state index contributed by atoms with van der Waals surface area (Å²) in [5.74, 6) is -1.00. The molecule has 4 aliphatic rings. The Bertz CT molecular complexity index is 466. The highest BCUT2D eigenvalue weighted by atomic mass is 16.5. The van der Waals surface area contributed by atoms with Crippen molar-refractivity contribution in [2.24, 2.45) is 11.8 Å². The molecule has 4 heterocycles. The van der Waals surface area contributed by atoms with Gasteiger partial charge in [0.1, 0.15) is 0 Å². The van der Waals surface area contributed by atoms with Crippen LogP contribution in [0.1, 0.15) is 25.7 Å². The number of likely N-dealkylation sites (tertiary alicyclic amines) is 1. The lowest BCUT2D eigenvalue weighted by Crippen LogP contribution is -2.47. The Morgan fingerprint density at radius 2 is 2.10 bits per heavy atom. The molecule has 4 fully saturated rings. The highest BCUT2D eigenvalue weighted by molar-refractivity contribution is 5.84. The number of hydrogen-bond acceptors (Lipinski definition) is 4. The van der Waals surface area contributed by atoms with Gasteiger partial charge in [0.15, 0.2) is 5.60 Å². The third kappa shape index (κ3) is 1.58. The Morgan fingerprint density at radius 1 is 1.25 bits per heavy atom. The smallest absolute Gasteiger partial charge is 0.338 e. The van der Waals surface area contributed by atoms with Crippen LogP contribution in [-0.4, -0.2) is 59.4 Å². The number of hydrogen-bond donors (Lipinski definition) is 1. The summed E-state index contributed by atoms with van der Waals surface area (Å²) in [6.45, 7) is 1.19. The summed E-state index contributed by atoms with van der Waals surface area (Å²) in [4.78, 5) is 25.9. The van der Waals surface area contributed by atoms with Crippen LogP contribution < -0.4 is 0 Å². The molecule has 0 aliphatic carbocycles. The van der Waals surface area contributed by atoms with Crippen LogP contribution in [0.15, 0.2) is 0 Å². The predicted molar refractivity (Wildman–Crippen MR) is 67.0 cm³/mol. The molecule has 20 heavy (non-hydrogen) atoms. The molecule has 6 heteroatoms. The van der Waals surface area contributed by atoms with Crippen LogP contribution in [0.5, 0.6) is 0 Å². The summed E-state index contributed by atoms with van der Waals surface area (Å²) in [5, 5.41) is 9.46. The van der Waals surface area contributed by atoms with Gasteiger partial charge in [0.25, 0.3) is 0 Å². The normalized spacial score (nSPS) is 45.9. The van der Waals surface area contributed by atoms with E-state index < -0.39 is 11.6 Å². The SMILES string of the molecule is O=C([C@@H]1C[C@@H]2CC[C@H]1O2)N1C[C@H]2CCO[C@@]2(C(=O)O)C1. The molecule has 1 N–H and O–H groups in total. The van der Waals surface area contributed by atoms with Gasteiger partial charge in [0, 0.05) is 19.1 Å². The zero-order valence-corrected chi connectivity index (χ0v) is 11.3. The van der Waals surface area contributed by atoms with E-state index in [1.165, 1.54) is 0 Å². The van der Waals surface area contributed by atoms with Crippen LogP contribution >= 0.6 is 0 Å². The highest BCUT2D eigenvalue weighted by Crippen LogP contribution is 2.43. The van der Waals surface area contributed by atoms with Crippen LogP contribution in [0.3, 0.4) is 0 Å². The number of carboxylic acid groups (broad SMARTS) is 1. The van der Waals surface area contributed by atoms with Crippen LogP contribution in [-0.2, 0) is 19.1 Å². The maximum Gasteiger partial charge on any atom is 0.338 e. The first-order valence-electron chi connectivity index (χ1n) is 7.42. The van der Waals surface area contributed by atoms with Gasteiger partial charge in [-0.05, 0) is 25.7 Å². The lowest BCUT2D eigenvalue weighted by atomic mass is 9.88. The Morgan fingerprint density at radius 3 is 2.70 bits per heavy atom. The second-order valence-corrected chi connectivity index (χ2v) is 6.46. The fourth-order valence-electron chi connectivity index (χ4n) is 4.37. The first-order chi connectivity index (χ1) is 9.60. The third-order valence-electron chi connectivity index (χ3n) is 5.45. The number of carbonyl (C=O) groups is 2. The molecule has 110 valence electrons. The van der Waals surface area contributed by atoms with Crippen molar-refractivity contribution in [3.8, 4) is 0 Å². The summed E-state index contributed by atoms with van der Waals surface area (Å²) >= 11 is 0. The van der Waals surface area contributed by atoms with Gasteiger partial charge in [-0.2, -0.15) is 0 Å². The third-order valence-corrected chi connectivity index (χ3v) is 5.45. The van der Waals surface area contributed by atoms with E-state index in [2.05, 4.69) is 0 Å². The van der Waals surface area contributed by atoms with Crippen LogP contribution in [0.25, 0.3) is 0 Å². The number of aliphatic carboxylic acids is 1. The number of rotatable bonds is 2. The second kappa shape index (κ2) is 4.18. The van der Waals surface area contributed by atoms with Gasteiger partial charge in [0.2, 0.25) is 5.91 Å². The fraction of sp³-hybridized carbons (Fsp3) is 0.857. The van der Waals surface area contributed by atoms with E-state index in [4.69, 9.17) is 9.47 Å². The number of carbonyl (C=O) groups excluding carboxylic acids is 1. The summed E-state index contributed by atoms with van der Waals surface area (Å²) in [5.41, 5.74) is -1.16. The molecular weight excluding hydrogens is 262 g/mol. The van der Waals surface area contributed by atoms with E-state index in [1.807, 2.05) is 0 Å². The molecule has 0 unspecified atom stereocenters. The highest BCUT2D eigenvalue weighted by Gasteiger charge is 2.59. The van der Waals surface area contributed by atoms with Gasteiger partial charge in [0.05, 0.1) is 24.7 Å². The standard InChI is InChI=1S/C14H19NO5/c16-12(10-5-9-1-2-11(10)20-9)15-6-8-3-4-19-14(8,7-15)13(17)18/h8-11H,1-7H2,(H,17,18)/t8-,9+,10-,11-,14+/m1/s1. The minimum Gasteiger partial charge on any atom is -0.479 e. The molecule has 4 saturated heterocycles. The lowest BCUT2D eigenvalue weighted by molar-refractivity contribution is -0.161. The summed E-state index contributed by atoms with van der Waals surface area (Å²) in [7, 11) is 0. The van der Waals surface area contributed by atoms with Crippen LogP contribution in [0.2, 0.25) is 0 Å². The molecule has 0 radical (unpaired) electrons. The number of amides is 1. The van der Waals surface area contributed by atoms with Gasteiger partial charge in [-0.1, -0.05) is 0 Å². The fourth-order valence-corrected chi connectivity index (χ4v) is 4.37. The monoisotopic (exact) mass is 281 g/mol. The molecule has 0 spiro atoms. The van der Waals surface area contributed by atoms with E-state index >= 15 is 0 Å². The van der Waals surface area contributed by atoms with Crippen molar-refractivity contribution in [2.45, 2.75) is 43.5 Å². The van der Waals surface area contributed by atoms with Crippen molar-refractivity contribution in [1.82, 2.24) is 4.90 Å². The van der Waals surface area contributed by atoms with Crippen molar-refractivity contribution in [3.05, 3.63) is 0 Å². The minimum atomic E-state index is -1.16. The first kappa shape index (κ1) is 12.6. The second-order valence-electron chi connectivity index (χ2n) is 6.46. The lowest BCUT2D eigenvalue weighted by Gasteiger charge is -2.26. The van der Waals surface area contributed by atoms with Gasteiger partial charge >= 0.3 is 5.97 Å². The molecule has 0 aromatic carbocycles.